The minimum atomic E-state index is -3.75. The standard InChI is InChI=1S/C23H22N4O3S2/c1-14-4-6-18(7-5-14)25-23-26-22(28)21(31-23)13-17-12-15(2)27(16(17)3)19-8-10-20(11-9-19)32(24,29)30/h4-13H,1-3H3,(H2,24,29,30)(H,25,26,28)/b21-13-. The molecule has 0 bridgehead atoms. The van der Waals surface area contributed by atoms with E-state index in [1.165, 1.54) is 23.9 Å². The van der Waals surface area contributed by atoms with Crippen molar-refractivity contribution in [1.29, 1.82) is 0 Å². The third kappa shape index (κ3) is 4.55. The number of aryl methyl sites for hydroxylation is 2. The maximum Gasteiger partial charge on any atom is 0.264 e. The van der Waals surface area contributed by atoms with Crippen molar-refractivity contribution in [2.75, 3.05) is 0 Å². The van der Waals surface area contributed by atoms with Crippen LogP contribution in [0, 0.1) is 20.8 Å². The first-order valence-electron chi connectivity index (χ1n) is 9.80. The van der Waals surface area contributed by atoms with Crippen LogP contribution in [0.1, 0.15) is 22.5 Å². The molecule has 1 aliphatic rings. The van der Waals surface area contributed by atoms with Crippen molar-refractivity contribution in [2.45, 2.75) is 25.7 Å². The van der Waals surface area contributed by atoms with Gasteiger partial charge in [-0.3, -0.25) is 4.79 Å². The third-order valence-corrected chi connectivity index (χ3v) is 6.93. The number of hydrogen-bond donors (Lipinski definition) is 2. The van der Waals surface area contributed by atoms with Gasteiger partial charge < -0.3 is 9.88 Å². The molecule has 0 saturated carbocycles. The van der Waals surface area contributed by atoms with Gasteiger partial charge in [0, 0.05) is 17.1 Å². The monoisotopic (exact) mass is 466 g/mol. The second-order valence-electron chi connectivity index (χ2n) is 7.52. The lowest BCUT2D eigenvalue weighted by Gasteiger charge is -2.10. The first kappa shape index (κ1) is 22.1. The first-order valence-corrected chi connectivity index (χ1v) is 12.2. The number of primary sulfonamides is 1. The summed E-state index contributed by atoms with van der Waals surface area (Å²) in [4.78, 5) is 17.6. The number of carbonyl (C=O) groups is 1. The average molecular weight is 467 g/mol. The van der Waals surface area contributed by atoms with E-state index in [1.807, 2.05) is 61.7 Å². The first-order chi connectivity index (χ1) is 15.1. The summed E-state index contributed by atoms with van der Waals surface area (Å²) in [6.45, 7) is 5.91. The summed E-state index contributed by atoms with van der Waals surface area (Å²) >= 11 is 1.30. The van der Waals surface area contributed by atoms with Crippen molar-refractivity contribution in [1.82, 2.24) is 9.88 Å². The van der Waals surface area contributed by atoms with Gasteiger partial charge in [-0.05, 0) is 86.6 Å². The lowest BCUT2D eigenvalue weighted by atomic mass is 10.2. The number of benzene rings is 2. The lowest BCUT2D eigenvalue weighted by Crippen LogP contribution is -2.19. The average Bonchev–Trinajstić information content (AvgIpc) is 3.21. The van der Waals surface area contributed by atoms with Gasteiger partial charge in [0.25, 0.3) is 5.91 Å². The molecule has 1 saturated heterocycles. The zero-order chi connectivity index (χ0) is 23.0. The predicted octanol–water partition coefficient (Wildman–Crippen LogP) is 3.94. The second kappa shape index (κ2) is 8.42. The predicted molar refractivity (Wildman–Crippen MR) is 129 cm³/mol. The quantitative estimate of drug-likeness (QED) is 0.568. The zero-order valence-electron chi connectivity index (χ0n) is 17.8. The third-order valence-electron chi connectivity index (χ3n) is 5.10. The Kier molecular flexibility index (Phi) is 5.81. The summed E-state index contributed by atoms with van der Waals surface area (Å²) in [6, 6.07) is 16.1. The van der Waals surface area contributed by atoms with Crippen molar-refractivity contribution >= 4 is 44.6 Å². The van der Waals surface area contributed by atoms with E-state index in [0.29, 0.717) is 10.1 Å². The van der Waals surface area contributed by atoms with Crippen molar-refractivity contribution in [3.63, 3.8) is 0 Å². The molecule has 0 spiro atoms. The van der Waals surface area contributed by atoms with Crippen LogP contribution >= 0.6 is 11.8 Å². The molecule has 2 aromatic carbocycles. The molecule has 4 rings (SSSR count). The molecule has 1 aliphatic heterocycles. The molecule has 32 heavy (non-hydrogen) atoms. The number of amidine groups is 1. The van der Waals surface area contributed by atoms with Crippen LogP contribution in [0.25, 0.3) is 11.8 Å². The van der Waals surface area contributed by atoms with E-state index in [1.54, 1.807) is 12.1 Å². The topological polar surface area (TPSA) is 107 Å². The van der Waals surface area contributed by atoms with Gasteiger partial charge in [-0.1, -0.05) is 17.7 Å². The van der Waals surface area contributed by atoms with Crippen LogP contribution in [0.2, 0.25) is 0 Å². The molecule has 7 nitrogen and oxygen atoms in total. The summed E-state index contributed by atoms with van der Waals surface area (Å²) in [5.41, 5.74) is 5.51. The van der Waals surface area contributed by atoms with Crippen molar-refractivity contribution in [2.24, 2.45) is 10.1 Å². The molecular weight excluding hydrogens is 444 g/mol. The van der Waals surface area contributed by atoms with E-state index in [4.69, 9.17) is 5.14 Å². The highest BCUT2D eigenvalue weighted by molar-refractivity contribution is 8.18. The van der Waals surface area contributed by atoms with E-state index in [-0.39, 0.29) is 10.8 Å². The highest BCUT2D eigenvalue weighted by Crippen LogP contribution is 2.30. The molecule has 9 heteroatoms. The highest BCUT2D eigenvalue weighted by Gasteiger charge is 2.24. The minimum absolute atomic E-state index is 0.0606. The van der Waals surface area contributed by atoms with E-state index >= 15 is 0 Å². The summed E-state index contributed by atoms with van der Waals surface area (Å²) in [5.74, 6) is -0.192. The molecule has 2 heterocycles. The van der Waals surface area contributed by atoms with Gasteiger partial charge in [0.15, 0.2) is 5.17 Å². The number of aromatic nitrogens is 1. The number of carbonyl (C=O) groups excluding carboxylic acids is 1. The summed E-state index contributed by atoms with van der Waals surface area (Å²) in [7, 11) is -3.75. The van der Waals surface area contributed by atoms with E-state index in [9.17, 15) is 13.2 Å². The molecule has 0 unspecified atom stereocenters. The van der Waals surface area contributed by atoms with Crippen LogP contribution < -0.4 is 10.5 Å². The van der Waals surface area contributed by atoms with E-state index in [0.717, 1.165) is 33.9 Å². The van der Waals surface area contributed by atoms with Crippen LogP contribution in [-0.4, -0.2) is 24.1 Å². The van der Waals surface area contributed by atoms with Gasteiger partial charge in [0.1, 0.15) is 0 Å². The Morgan fingerprint density at radius 3 is 2.31 bits per heavy atom. The fourth-order valence-electron chi connectivity index (χ4n) is 3.47. The molecule has 0 radical (unpaired) electrons. The highest BCUT2D eigenvalue weighted by atomic mass is 32.2. The van der Waals surface area contributed by atoms with Gasteiger partial charge in [0.2, 0.25) is 10.0 Å². The van der Waals surface area contributed by atoms with Gasteiger partial charge in [-0.25, -0.2) is 18.5 Å². The second-order valence-corrected chi connectivity index (χ2v) is 10.1. The van der Waals surface area contributed by atoms with Gasteiger partial charge in [-0.2, -0.15) is 0 Å². The largest absolute Gasteiger partial charge is 0.318 e. The molecule has 1 fully saturated rings. The van der Waals surface area contributed by atoms with Crippen molar-refractivity contribution in [3.05, 3.63) is 82.0 Å². The molecule has 1 amide bonds. The molecule has 3 N–H and O–H groups in total. The van der Waals surface area contributed by atoms with Crippen molar-refractivity contribution < 1.29 is 13.2 Å². The number of nitrogens with one attached hydrogen (secondary N) is 1. The number of aliphatic imine (C=N–C) groups is 1. The van der Waals surface area contributed by atoms with Crippen LogP contribution in [-0.2, 0) is 14.8 Å². The molecule has 0 aliphatic carbocycles. The summed E-state index contributed by atoms with van der Waals surface area (Å²) in [5, 5.41) is 8.54. The van der Waals surface area contributed by atoms with Crippen molar-refractivity contribution in [3.8, 4) is 5.69 Å². The Morgan fingerprint density at radius 2 is 1.69 bits per heavy atom. The number of nitrogens with zero attached hydrogens (tertiary/aromatic N) is 2. The smallest absolute Gasteiger partial charge is 0.264 e. The number of amides is 1. The Bertz CT molecular complexity index is 1370. The number of rotatable bonds is 4. The maximum atomic E-state index is 12.5. The summed E-state index contributed by atoms with van der Waals surface area (Å²) < 4.78 is 25.0. The Balaban J connectivity index is 1.62. The Labute approximate surface area is 191 Å². The van der Waals surface area contributed by atoms with Gasteiger partial charge in [-0.15, -0.1) is 0 Å². The Morgan fingerprint density at radius 1 is 1.03 bits per heavy atom. The molecule has 3 aromatic rings. The van der Waals surface area contributed by atoms with E-state index in [2.05, 4.69) is 10.3 Å². The molecule has 0 atom stereocenters. The zero-order valence-corrected chi connectivity index (χ0v) is 19.4. The Hall–Kier alpha value is -3.14. The number of thioether (sulfide) groups is 1. The molecular formula is C23H22N4O3S2. The number of nitrogens with two attached hydrogens (primary N) is 1. The summed E-state index contributed by atoms with van der Waals surface area (Å²) in [6.07, 6.45) is 1.84. The fraction of sp³-hybridized carbons (Fsp3) is 0.130. The molecule has 164 valence electrons. The van der Waals surface area contributed by atoms with E-state index < -0.39 is 10.0 Å². The van der Waals surface area contributed by atoms with Gasteiger partial charge in [0.05, 0.1) is 15.5 Å². The number of hydrogen-bond acceptors (Lipinski definition) is 5. The molecule has 1 aromatic heterocycles. The minimum Gasteiger partial charge on any atom is -0.318 e. The maximum absolute atomic E-state index is 12.5. The van der Waals surface area contributed by atoms with Crippen LogP contribution in [0.5, 0.6) is 0 Å². The fourth-order valence-corrected chi connectivity index (χ4v) is 4.82. The van der Waals surface area contributed by atoms with Crippen LogP contribution in [0.3, 0.4) is 0 Å². The normalized spacial score (nSPS) is 16.7. The lowest BCUT2D eigenvalue weighted by molar-refractivity contribution is -0.115. The van der Waals surface area contributed by atoms with Crippen LogP contribution in [0.4, 0.5) is 5.69 Å². The SMILES string of the molecule is Cc1ccc(N=C2NC(=O)/C(=C/c3cc(C)n(-c4ccc(S(N)(=O)=O)cc4)c3C)S2)cc1. The van der Waals surface area contributed by atoms with Crippen LogP contribution in [0.15, 0.2) is 69.4 Å². The van der Waals surface area contributed by atoms with Gasteiger partial charge >= 0.3 is 0 Å². The number of sulfonamides is 1.